The molecule has 0 radical (unpaired) electrons. The molecule has 1 aromatic heterocycles. The summed E-state index contributed by atoms with van der Waals surface area (Å²) in [7, 11) is 1.58. The number of phenols is 1. The fourth-order valence-electron chi connectivity index (χ4n) is 2.48. The molecule has 0 amide bonds. The van der Waals surface area contributed by atoms with Gasteiger partial charge in [-0.2, -0.15) is 0 Å². The second kappa shape index (κ2) is 5.09. The monoisotopic (exact) mass is 286 g/mol. The molecule has 21 heavy (non-hydrogen) atoms. The molecule has 0 aliphatic heterocycles. The van der Waals surface area contributed by atoms with Gasteiger partial charge in [-0.15, -0.1) is 0 Å². The van der Waals surface area contributed by atoms with Gasteiger partial charge in [-0.1, -0.05) is 6.07 Å². The first-order valence-corrected chi connectivity index (χ1v) is 6.67. The lowest BCUT2D eigenvalue weighted by Crippen LogP contribution is -1.99. The minimum absolute atomic E-state index is 0.119. The number of imidazole rings is 1. The number of methoxy groups -OCH3 is 1. The SMILES string of the molecule is CCn1c(-c2c(O)cccc2F)nc2cc(OC)ccc21. The van der Waals surface area contributed by atoms with Crippen molar-refractivity contribution in [3.8, 4) is 22.9 Å². The molecule has 0 fully saturated rings. The Morgan fingerprint density at radius 2 is 2.10 bits per heavy atom. The Hall–Kier alpha value is -2.56. The van der Waals surface area contributed by atoms with E-state index < -0.39 is 5.82 Å². The van der Waals surface area contributed by atoms with Gasteiger partial charge in [0.15, 0.2) is 0 Å². The molecule has 108 valence electrons. The summed E-state index contributed by atoms with van der Waals surface area (Å²) in [6.07, 6.45) is 0. The number of rotatable bonds is 3. The number of benzene rings is 2. The highest BCUT2D eigenvalue weighted by Crippen LogP contribution is 2.34. The largest absolute Gasteiger partial charge is 0.507 e. The van der Waals surface area contributed by atoms with Gasteiger partial charge in [-0.25, -0.2) is 9.37 Å². The second-order valence-corrected chi connectivity index (χ2v) is 4.67. The number of aromatic nitrogens is 2. The first kappa shape index (κ1) is 13.4. The van der Waals surface area contributed by atoms with E-state index in [-0.39, 0.29) is 11.3 Å². The lowest BCUT2D eigenvalue weighted by molar-refractivity contribution is 0.415. The fraction of sp³-hybridized carbons (Fsp3) is 0.188. The number of aromatic hydroxyl groups is 1. The van der Waals surface area contributed by atoms with Crippen LogP contribution in [-0.2, 0) is 6.54 Å². The summed E-state index contributed by atoms with van der Waals surface area (Å²) in [5, 5.41) is 9.97. The maximum Gasteiger partial charge on any atom is 0.147 e. The van der Waals surface area contributed by atoms with Crippen LogP contribution in [0.15, 0.2) is 36.4 Å². The normalized spacial score (nSPS) is 11.0. The van der Waals surface area contributed by atoms with Crippen LogP contribution >= 0.6 is 0 Å². The Labute approximate surface area is 121 Å². The quantitative estimate of drug-likeness (QED) is 0.800. The summed E-state index contributed by atoms with van der Waals surface area (Å²) in [5.41, 5.74) is 1.69. The molecule has 2 aromatic carbocycles. The van der Waals surface area contributed by atoms with Crippen LogP contribution in [-0.4, -0.2) is 21.8 Å². The zero-order chi connectivity index (χ0) is 15.0. The van der Waals surface area contributed by atoms with Gasteiger partial charge in [-0.3, -0.25) is 0 Å². The zero-order valence-corrected chi connectivity index (χ0v) is 11.8. The van der Waals surface area contributed by atoms with E-state index in [2.05, 4.69) is 4.98 Å². The lowest BCUT2D eigenvalue weighted by Gasteiger charge is -2.08. The minimum Gasteiger partial charge on any atom is -0.507 e. The number of hydrogen-bond acceptors (Lipinski definition) is 3. The van der Waals surface area contributed by atoms with E-state index in [0.717, 1.165) is 5.52 Å². The van der Waals surface area contributed by atoms with Crippen LogP contribution in [0.2, 0.25) is 0 Å². The summed E-state index contributed by atoms with van der Waals surface area (Å²) in [5.74, 6) is 0.489. The molecule has 3 rings (SSSR count). The van der Waals surface area contributed by atoms with E-state index in [1.807, 2.05) is 23.6 Å². The van der Waals surface area contributed by atoms with Crippen LogP contribution in [0.5, 0.6) is 11.5 Å². The van der Waals surface area contributed by atoms with E-state index in [0.29, 0.717) is 23.6 Å². The van der Waals surface area contributed by atoms with Crippen molar-refractivity contribution in [2.45, 2.75) is 13.5 Å². The average Bonchev–Trinajstić information content (AvgIpc) is 2.84. The molecule has 0 saturated carbocycles. The van der Waals surface area contributed by atoms with Crippen LogP contribution in [0.1, 0.15) is 6.92 Å². The molecule has 0 unspecified atom stereocenters. The number of fused-ring (bicyclic) bond motifs is 1. The molecule has 0 atom stereocenters. The van der Waals surface area contributed by atoms with Gasteiger partial charge in [0.2, 0.25) is 0 Å². The Balaban J connectivity index is 2.32. The van der Waals surface area contributed by atoms with Crippen LogP contribution in [0, 0.1) is 5.82 Å². The smallest absolute Gasteiger partial charge is 0.147 e. The molecule has 0 aliphatic rings. The van der Waals surface area contributed by atoms with Crippen molar-refractivity contribution in [3.63, 3.8) is 0 Å². The molecule has 0 bridgehead atoms. The highest BCUT2D eigenvalue weighted by atomic mass is 19.1. The zero-order valence-electron chi connectivity index (χ0n) is 11.8. The Bertz CT molecular complexity index is 791. The fourth-order valence-corrected chi connectivity index (χ4v) is 2.48. The maximum absolute atomic E-state index is 14.1. The summed E-state index contributed by atoms with van der Waals surface area (Å²) in [6.45, 7) is 2.57. The van der Waals surface area contributed by atoms with E-state index >= 15 is 0 Å². The third-order valence-electron chi connectivity index (χ3n) is 3.49. The highest BCUT2D eigenvalue weighted by Gasteiger charge is 2.18. The second-order valence-electron chi connectivity index (χ2n) is 4.67. The molecule has 4 nitrogen and oxygen atoms in total. The Morgan fingerprint density at radius 1 is 1.29 bits per heavy atom. The number of ether oxygens (including phenoxy) is 1. The van der Waals surface area contributed by atoms with Crippen LogP contribution < -0.4 is 4.74 Å². The van der Waals surface area contributed by atoms with Crippen molar-refractivity contribution in [3.05, 3.63) is 42.2 Å². The van der Waals surface area contributed by atoms with Crippen LogP contribution in [0.3, 0.4) is 0 Å². The molecular weight excluding hydrogens is 271 g/mol. The van der Waals surface area contributed by atoms with E-state index in [9.17, 15) is 9.50 Å². The number of halogens is 1. The van der Waals surface area contributed by atoms with E-state index in [1.54, 1.807) is 13.2 Å². The van der Waals surface area contributed by atoms with Gasteiger partial charge >= 0.3 is 0 Å². The van der Waals surface area contributed by atoms with Crippen LogP contribution in [0.4, 0.5) is 4.39 Å². The topological polar surface area (TPSA) is 47.3 Å². The number of nitrogens with zero attached hydrogens (tertiary/aromatic N) is 2. The summed E-state index contributed by atoms with van der Waals surface area (Å²) in [4.78, 5) is 4.47. The molecule has 0 spiro atoms. The minimum atomic E-state index is -0.494. The van der Waals surface area contributed by atoms with Gasteiger partial charge in [0.05, 0.1) is 23.7 Å². The highest BCUT2D eigenvalue weighted by molar-refractivity contribution is 5.83. The molecule has 1 heterocycles. The number of phenolic OH excluding ortho intramolecular Hbond substituents is 1. The van der Waals surface area contributed by atoms with Crippen molar-refractivity contribution in [1.29, 1.82) is 0 Å². The number of aryl methyl sites for hydroxylation is 1. The van der Waals surface area contributed by atoms with Gasteiger partial charge in [0.25, 0.3) is 0 Å². The van der Waals surface area contributed by atoms with Crippen molar-refractivity contribution in [1.82, 2.24) is 9.55 Å². The van der Waals surface area contributed by atoms with Gasteiger partial charge in [-0.05, 0) is 31.2 Å². The maximum atomic E-state index is 14.1. The average molecular weight is 286 g/mol. The van der Waals surface area contributed by atoms with Gasteiger partial charge in [0, 0.05) is 12.6 Å². The molecule has 0 saturated heterocycles. The summed E-state index contributed by atoms with van der Waals surface area (Å²) in [6, 6.07) is 9.75. The standard InChI is InChI=1S/C16H15FN2O2/c1-3-19-13-8-7-10(21-2)9-12(13)18-16(19)15-11(17)5-4-6-14(15)20/h4-9,20H,3H2,1-2H3. The first-order chi connectivity index (χ1) is 10.2. The molecule has 3 aromatic rings. The predicted molar refractivity (Wildman–Crippen MR) is 79.0 cm³/mol. The third-order valence-corrected chi connectivity index (χ3v) is 3.49. The van der Waals surface area contributed by atoms with Gasteiger partial charge in [0.1, 0.15) is 23.1 Å². The molecule has 0 aliphatic carbocycles. The van der Waals surface area contributed by atoms with Crippen molar-refractivity contribution in [2.75, 3.05) is 7.11 Å². The first-order valence-electron chi connectivity index (χ1n) is 6.67. The third kappa shape index (κ3) is 2.11. The number of hydrogen-bond donors (Lipinski definition) is 1. The van der Waals surface area contributed by atoms with Crippen molar-refractivity contribution in [2.24, 2.45) is 0 Å². The molecular formula is C16H15FN2O2. The van der Waals surface area contributed by atoms with Gasteiger partial charge < -0.3 is 14.4 Å². The summed E-state index contributed by atoms with van der Waals surface area (Å²) >= 11 is 0. The molecule has 5 heteroatoms. The van der Waals surface area contributed by atoms with Crippen LogP contribution in [0.25, 0.3) is 22.4 Å². The van der Waals surface area contributed by atoms with Crippen molar-refractivity contribution >= 4 is 11.0 Å². The lowest BCUT2D eigenvalue weighted by atomic mass is 10.1. The molecule has 1 N–H and O–H groups in total. The Morgan fingerprint density at radius 3 is 2.76 bits per heavy atom. The Kier molecular flexibility index (Phi) is 3.25. The predicted octanol–water partition coefficient (Wildman–Crippen LogP) is 3.58. The van der Waals surface area contributed by atoms with E-state index in [1.165, 1.54) is 18.2 Å². The van der Waals surface area contributed by atoms with Crippen molar-refractivity contribution < 1.29 is 14.2 Å². The van der Waals surface area contributed by atoms with E-state index in [4.69, 9.17) is 4.74 Å². The summed E-state index contributed by atoms with van der Waals surface area (Å²) < 4.78 is 21.1.